The standard InChI is InChI=1S/C19H23N3O2/c1-2-6-22-19(3-1)23-8-5-14-10-18(14)15-9-17(12-20-11-15)24-13-16-4-7-21-16/h1-3,6,9,11-12,14,16,18,21H,4-5,7-8,10,13H2. The van der Waals surface area contributed by atoms with Gasteiger partial charge in [-0.05, 0) is 55.3 Å². The third-order valence-corrected chi connectivity index (χ3v) is 4.84. The molecule has 0 amide bonds. The highest BCUT2D eigenvalue weighted by molar-refractivity contribution is 5.30. The topological polar surface area (TPSA) is 56.3 Å². The third kappa shape index (κ3) is 3.85. The van der Waals surface area contributed by atoms with Crippen molar-refractivity contribution in [2.45, 2.75) is 31.2 Å². The molecule has 2 aromatic heterocycles. The van der Waals surface area contributed by atoms with E-state index in [1.165, 1.54) is 18.4 Å². The number of aromatic nitrogens is 2. The van der Waals surface area contributed by atoms with E-state index in [-0.39, 0.29) is 0 Å². The lowest BCUT2D eigenvalue weighted by atomic mass is 10.1. The molecule has 1 aliphatic carbocycles. The molecule has 3 unspecified atom stereocenters. The van der Waals surface area contributed by atoms with Crippen molar-refractivity contribution in [1.29, 1.82) is 0 Å². The van der Waals surface area contributed by atoms with Crippen LogP contribution in [0.5, 0.6) is 11.6 Å². The highest BCUT2D eigenvalue weighted by atomic mass is 16.5. The van der Waals surface area contributed by atoms with Gasteiger partial charge in [-0.15, -0.1) is 0 Å². The largest absolute Gasteiger partial charge is 0.490 e. The van der Waals surface area contributed by atoms with Crippen LogP contribution in [0.4, 0.5) is 0 Å². The van der Waals surface area contributed by atoms with E-state index in [0.29, 0.717) is 23.8 Å². The van der Waals surface area contributed by atoms with Crippen LogP contribution in [-0.2, 0) is 0 Å². The summed E-state index contributed by atoms with van der Waals surface area (Å²) in [6, 6.07) is 8.39. The Morgan fingerprint density at radius 3 is 2.96 bits per heavy atom. The molecule has 1 saturated heterocycles. The van der Waals surface area contributed by atoms with E-state index < -0.39 is 0 Å². The smallest absolute Gasteiger partial charge is 0.213 e. The van der Waals surface area contributed by atoms with Gasteiger partial charge < -0.3 is 14.8 Å². The van der Waals surface area contributed by atoms with Crippen molar-refractivity contribution >= 4 is 0 Å². The van der Waals surface area contributed by atoms with E-state index in [1.807, 2.05) is 30.6 Å². The van der Waals surface area contributed by atoms with Crippen LogP contribution in [0.2, 0.25) is 0 Å². The molecule has 2 fully saturated rings. The fourth-order valence-electron chi connectivity index (χ4n) is 3.13. The summed E-state index contributed by atoms with van der Waals surface area (Å²) in [5, 5.41) is 3.34. The number of hydrogen-bond donors (Lipinski definition) is 1. The summed E-state index contributed by atoms with van der Waals surface area (Å²) >= 11 is 0. The molecular formula is C19H23N3O2. The van der Waals surface area contributed by atoms with Crippen LogP contribution in [0.15, 0.2) is 42.9 Å². The second kappa shape index (κ2) is 7.18. The lowest BCUT2D eigenvalue weighted by Gasteiger charge is -2.27. The first kappa shape index (κ1) is 15.4. The summed E-state index contributed by atoms with van der Waals surface area (Å²) in [5.74, 6) is 2.86. The Morgan fingerprint density at radius 2 is 2.17 bits per heavy atom. The summed E-state index contributed by atoms with van der Waals surface area (Å²) in [5.41, 5.74) is 1.29. The normalized spacial score (nSPS) is 24.9. The zero-order valence-corrected chi connectivity index (χ0v) is 13.7. The van der Waals surface area contributed by atoms with E-state index in [2.05, 4.69) is 21.4 Å². The minimum absolute atomic E-state index is 0.506. The minimum atomic E-state index is 0.506. The Balaban J connectivity index is 1.23. The molecule has 0 bridgehead atoms. The SMILES string of the molecule is c1ccc(OCCC2CC2c2cncc(OCC3CCN3)c2)nc1. The van der Waals surface area contributed by atoms with E-state index in [4.69, 9.17) is 9.47 Å². The van der Waals surface area contributed by atoms with E-state index in [9.17, 15) is 0 Å². The molecule has 1 saturated carbocycles. The number of ether oxygens (including phenoxy) is 2. The number of nitrogens with one attached hydrogen (secondary N) is 1. The zero-order valence-electron chi connectivity index (χ0n) is 13.7. The maximum atomic E-state index is 5.84. The second-order valence-electron chi connectivity index (χ2n) is 6.61. The Kier molecular flexibility index (Phi) is 4.60. The quantitative estimate of drug-likeness (QED) is 0.809. The van der Waals surface area contributed by atoms with Gasteiger partial charge >= 0.3 is 0 Å². The average Bonchev–Trinajstić information content (AvgIpc) is 3.34. The first-order valence-electron chi connectivity index (χ1n) is 8.73. The molecule has 126 valence electrons. The predicted molar refractivity (Wildman–Crippen MR) is 91.3 cm³/mol. The highest BCUT2D eigenvalue weighted by Crippen LogP contribution is 2.49. The summed E-state index contributed by atoms with van der Waals surface area (Å²) in [6.45, 7) is 2.56. The van der Waals surface area contributed by atoms with Gasteiger partial charge in [0.1, 0.15) is 12.4 Å². The van der Waals surface area contributed by atoms with Crippen LogP contribution in [-0.4, -0.2) is 35.8 Å². The van der Waals surface area contributed by atoms with Crippen molar-refractivity contribution in [1.82, 2.24) is 15.3 Å². The van der Waals surface area contributed by atoms with Gasteiger partial charge in [-0.25, -0.2) is 4.98 Å². The number of hydrogen-bond acceptors (Lipinski definition) is 5. The summed E-state index contributed by atoms with van der Waals surface area (Å²) in [4.78, 5) is 8.52. The molecule has 1 aliphatic heterocycles. The molecule has 3 atom stereocenters. The summed E-state index contributed by atoms with van der Waals surface area (Å²) in [7, 11) is 0. The van der Waals surface area contributed by atoms with Gasteiger partial charge in [-0.3, -0.25) is 4.98 Å². The molecule has 4 rings (SSSR count). The molecule has 0 aromatic carbocycles. The van der Waals surface area contributed by atoms with Gasteiger partial charge in [0.25, 0.3) is 0 Å². The lowest BCUT2D eigenvalue weighted by Crippen LogP contribution is -2.46. The summed E-state index contributed by atoms with van der Waals surface area (Å²) in [6.07, 6.45) is 9.00. The fourth-order valence-corrected chi connectivity index (χ4v) is 3.13. The van der Waals surface area contributed by atoms with Crippen LogP contribution in [0, 0.1) is 5.92 Å². The molecular weight excluding hydrogens is 302 g/mol. The van der Waals surface area contributed by atoms with Crippen LogP contribution in [0.1, 0.15) is 30.7 Å². The average molecular weight is 325 g/mol. The molecule has 1 N–H and O–H groups in total. The van der Waals surface area contributed by atoms with Gasteiger partial charge in [0.15, 0.2) is 0 Å². The molecule has 3 heterocycles. The number of nitrogens with zero attached hydrogens (tertiary/aromatic N) is 2. The van der Waals surface area contributed by atoms with Gasteiger partial charge in [0.05, 0.1) is 12.8 Å². The van der Waals surface area contributed by atoms with Gasteiger partial charge in [-0.2, -0.15) is 0 Å². The van der Waals surface area contributed by atoms with Crippen LogP contribution < -0.4 is 14.8 Å². The first-order chi connectivity index (χ1) is 11.9. The van der Waals surface area contributed by atoms with Crippen molar-refractivity contribution in [2.75, 3.05) is 19.8 Å². The third-order valence-electron chi connectivity index (χ3n) is 4.84. The maximum absolute atomic E-state index is 5.84. The fraction of sp³-hybridized carbons (Fsp3) is 0.474. The van der Waals surface area contributed by atoms with Crippen molar-refractivity contribution in [2.24, 2.45) is 5.92 Å². The Hall–Kier alpha value is -2.14. The van der Waals surface area contributed by atoms with Gasteiger partial charge in [0.2, 0.25) is 5.88 Å². The van der Waals surface area contributed by atoms with Gasteiger partial charge in [0, 0.05) is 24.5 Å². The molecule has 2 aliphatic rings. The zero-order chi connectivity index (χ0) is 16.2. The molecule has 0 spiro atoms. The Morgan fingerprint density at radius 1 is 1.21 bits per heavy atom. The molecule has 5 nitrogen and oxygen atoms in total. The number of rotatable bonds is 8. The molecule has 5 heteroatoms. The Labute approximate surface area is 142 Å². The second-order valence-corrected chi connectivity index (χ2v) is 6.61. The first-order valence-corrected chi connectivity index (χ1v) is 8.73. The van der Waals surface area contributed by atoms with E-state index >= 15 is 0 Å². The predicted octanol–water partition coefficient (Wildman–Crippen LogP) is 2.79. The number of pyridine rings is 2. The van der Waals surface area contributed by atoms with E-state index in [0.717, 1.165) is 31.9 Å². The molecule has 2 aromatic rings. The highest BCUT2D eigenvalue weighted by Gasteiger charge is 2.38. The van der Waals surface area contributed by atoms with Crippen molar-refractivity contribution < 1.29 is 9.47 Å². The minimum Gasteiger partial charge on any atom is -0.490 e. The van der Waals surface area contributed by atoms with Crippen molar-refractivity contribution in [3.05, 3.63) is 48.4 Å². The van der Waals surface area contributed by atoms with Crippen LogP contribution in [0.25, 0.3) is 0 Å². The maximum Gasteiger partial charge on any atom is 0.213 e. The van der Waals surface area contributed by atoms with Crippen LogP contribution in [0.3, 0.4) is 0 Å². The lowest BCUT2D eigenvalue weighted by molar-refractivity contribution is 0.216. The van der Waals surface area contributed by atoms with Crippen LogP contribution >= 0.6 is 0 Å². The summed E-state index contributed by atoms with van der Waals surface area (Å²) < 4.78 is 11.5. The Bertz CT molecular complexity index is 661. The van der Waals surface area contributed by atoms with E-state index in [1.54, 1.807) is 6.20 Å². The molecule has 24 heavy (non-hydrogen) atoms. The van der Waals surface area contributed by atoms with Crippen molar-refractivity contribution in [3.63, 3.8) is 0 Å². The van der Waals surface area contributed by atoms with Gasteiger partial charge in [-0.1, -0.05) is 6.07 Å². The molecule has 0 radical (unpaired) electrons. The van der Waals surface area contributed by atoms with Crippen molar-refractivity contribution in [3.8, 4) is 11.6 Å². The monoisotopic (exact) mass is 325 g/mol.